The van der Waals surface area contributed by atoms with Gasteiger partial charge in [-0.05, 0) is 29.8 Å². The summed E-state index contributed by atoms with van der Waals surface area (Å²) >= 11 is 5.69. The van der Waals surface area contributed by atoms with Gasteiger partial charge >= 0.3 is 0 Å². The fourth-order valence-electron chi connectivity index (χ4n) is 1.62. The number of nitro benzene ring substituents is 1. The van der Waals surface area contributed by atoms with E-state index in [2.05, 4.69) is 5.32 Å². The van der Waals surface area contributed by atoms with E-state index in [1.807, 2.05) is 0 Å². The molecule has 0 radical (unpaired) electrons. The van der Waals surface area contributed by atoms with Gasteiger partial charge in [0.05, 0.1) is 4.92 Å². The molecule has 0 amide bonds. The molecule has 2 aromatic carbocycles. The first-order valence-corrected chi connectivity index (χ1v) is 5.97. The molecule has 0 unspecified atom stereocenters. The second-order valence-corrected chi connectivity index (χ2v) is 4.43. The summed E-state index contributed by atoms with van der Waals surface area (Å²) in [6.45, 7) is 0.204. The van der Waals surface area contributed by atoms with Crippen molar-refractivity contribution in [1.29, 1.82) is 0 Å². The Hall–Kier alpha value is -2.21. The van der Waals surface area contributed by atoms with Crippen molar-refractivity contribution in [2.45, 2.75) is 6.54 Å². The highest BCUT2D eigenvalue weighted by molar-refractivity contribution is 6.32. The number of nitrogens with one attached hydrogen (secondary N) is 1. The van der Waals surface area contributed by atoms with Gasteiger partial charge in [-0.1, -0.05) is 17.7 Å². The van der Waals surface area contributed by atoms with Crippen LogP contribution in [0.25, 0.3) is 0 Å². The number of rotatable bonds is 4. The molecule has 0 fully saturated rings. The average Bonchev–Trinajstić information content (AvgIpc) is 2.41. The number of hydrogen-bond acceptors (Lipinski definition) is 3. The van der Waals surface area contributed by atoms with Gasteiger partial charge in [-0.3, -0.25) is 10.1 Å². The molecule has 0 aliphatic heterocycles. The largest absolute Gasteiger partial charge is 0.381 e. The summed E-state index contributed by atoms with van der Waals surface area (Å²) < 4.78 is 25.8. The molecule has 1 N–H and O–H groups in total. The van der Waals surface area contributed by atoms with E-state index in [4.69, 9.17) is 11.6 Å². The van der Waals surface area contributed by atoms with Crippen molar-refractivity contribution >= 4 is 23.0 Å². The van der Waals surface area contributed by atoms with Crippen LogP contribution < -0.4 is 5.32 Å². The molecule has 0 saturated heterocycles. The number of hydrogen-bond donors (Lipinski definition) is 1. The molecule has 7 heteroatoms. The summed E-state index contributed by atoms with van der Waals surface area (Å²) in [6, 6.07) is 7.75. The summed E-state index contributed by atoms with van der Waals surface area (Å²) in [6.07, 6.45) is 0. The Kier molecular flexibility index (Phi) is 4.14. The minimum Gasteiger partial charge on any atom is -0.381 e. The molecular weight excluding hydrogens is 290 g/mol. The van der Waals surface area contributed by atoms with Crippen molar-refractivity contribution in [3.8, 4) is 0 Å². The van der Waals surface area contributed by atoms with E-state index in [9.17, 15) is 18.9 Å². The zero-order chi connectivity index (χ0) is 14.7. The summed E-state index contributed by atoms with van der Waals surface area (Å²) in [5.41, 5.74) is 0.759. The first-order chi connectivity index (χ1) is 9.47. The van der Waals surface area contributed by atoms with E-state index in [0.29, 0.717) is 11.3 Å². The van der Waals surface area contributed by atoms with E-state index in [0.717, 1.165) is 12.1 Å². The number of anilines is 1. The van der Waals surface area contributed by atoms with Crippen molar-refractivity contribution in [2.75, 3.05) is 5.32 Å². The Balaban J connectivity index is 2.12. The first kappa shape index (κ1) is 14.2. The second kappa shape index (κ2) is 5.83. The van der Waals surface area contributed by atoms with Crippen LogP contribution in [0.1, 0.15) is 5.56 Å². The second-order valence-electron chi connectivity index (χ2n) is 4.03. The lowest BCUT2D eigenvalue weighted by Gasteiger charge is -2.07. The third-order valence-electron chi connectivity index (χ3n) is 2.62. The molecule has 0 aliphatic carbocycles. The van der Waals surface area contributed by atoms with Crippen LogP contribution in [-0.2, 0) is 6.54 Å². The lowest BCUT2D eigenvalue weighted by Crippen LogP contribution is -2.01. The molecule has 0 aromatic heterocycles. The summed E-state index contributed by atoms with van der Waals surface area (Å²) in [7, 11) is 0. The molecule has 4 nitrogen and oxygen atoms in total. The van der Waals surface area contributed by atoms with E-state index in [1.54, 1.807) is 6.07 Å². The van der Waals surface area contributed by atoms with E-state index >= 15 is 0 Å². The smallest absolute Gasteiger partial charge is 0.289 e. The molecule has 0 heterocycles. The van der Waals surface area contributed by atoms with Crippen LogP contribution in [0, 0.1) is 21.7 Å². The maximum Gasteiger partial charge on any atom is 0.289 e. The van der Waals surface area contributed by atoms with Crippen LogP contribution in [0.4, 0.5) is 20.2 Å². The highest BCUT2D eigenvalue weighted by atomic mass is 35.5. The Morgan fingerprint density at radius 3 is 2.55 bits per heavy atom. The average molecular weight is 299 g/mol. The van der Waals surface area contributed by atoms with Gasteiger partial charge in [-0.25, -0.2) is 8.78 Å². The van der Waals surface area contributed by atoms with Crippen LogP contribution in [-0.4, -0.2) is 4.92 Å². The van der Waals surface area contributed by atoms with Gasteiger partial charge in [0.1, 0.15) is 5.02 Å². The fraction of sp³-hybridized carbons (Fsp3) is 0.0769. The van der Waals surface area contributed by atoms with Gasteiger partial charge in [0.2, 0.25) is 0 Å². The van der Waals surface area contributed by atoms with Crippen molar-refractivity contribution in [2.24, 2.45) is 0 Å². The normalized spacial score (nSPS) is 10.3. The minimum atomic E-state index is -0.939. The summed E-state index contributed by atoms with van der Waals surface area (Å²) in [4.78, 5) is 10.1. The van der Waals surface area contributed by atoms with Gasteiger partial charge in [-0.15, -0.1) is 0 Å². The Labute approximate surface area is 118 Å². The Morgan fingerprint density at radius 1 is 1.15 bits per heavy atom. The van der Waals surface area contributed by atoms with E-state index in [-0.39, 0.29) is 17.3 Å². The number of benzene rings is 2. The van der Waals surface area contributed by atoms with Gasteiger partial charge in [0, 0.05) is 18.3 Å². The molecule has 104 valence electrons. The molecule has 0 aliphatic rings. The lowest BCUT2D eigenvalue weighted by atomic mass is 10.2. The topological polar surface area (TPSA) is 55.2 Å². The molecule has 0 saturated carbocycles. The van der Waals surface area contributed by atoms with Gasteiger partial charge in [0.25, 0.3) is 5.69 Å². The molecule has 2 aromatic rings. The van der Waals surface area contributed by atoms with Crippen LogP contribution >= 0.6 is 11.6 Å². The van der Waals surface area contributed by atoms with Crippen LogP contribution in [0.5, 0.6) is 0 Å². The minimum absolute atomic E-state index is 0.0355. The van der Waals surface area contributed by atoms with Crippen LogP contribution in [0.2, 0.25) is 5.02 Å². The van der Waals surface area contributed by atoms with E-state index in [1.165, 1.54) is 18.2 Å². The van der Waals surface area contributed by atoms with Crippen molar-refractivity contribution in [1.82, 2.24) is 0 Å². The summed E-state index contributed by atoms with van der Waals surface area (Å²) in [5.74, 6) is -1.86. The summed E-state index contributed by atoms with van der Waals surface area (Å²) in [5, 5.41) is 13.6. The molecule has 20 heavy (non-hydrogen) atoms. The van der Waals surface area contributed by atoms with Crippen LogP contribution in [0.15, 0.2) is 36.4 Å². The Morgan fingerprint density at radius 2 is 1.90 bits per heavy atom. The standard InChI is InChI=1S/C13H9ClF2N2O2/c14-10-3-2-9(6-13(10)18(19)20)17-7-8-1-4-11(15)12(16)5-8/h1-6,17H,7H2. The lowest BCUT2D eigenvalue weighted by molar-refractivity contribution is -0.384. The highest BCUT2D eigenvalue weighted by Gasteiger charge is 2.12. The van der Waals surface area contributed by atoms with Crippen molar-refractivity contribution in [3.05, 3.63) is 68.7 Å². The van der Waals surface area contributed by atoms with Crippen LogP contribution in [0.3, 0.4) is 0 Å². The monoisotopic (exact) mass is 298 g/mol. The zero-order valence-corrected chi connectivity index (χ0v) is 10.8. The third kappa shape index (κ3) is 3.21. The highest BCUT2D eigenvalue weighted by Crippen LogP contribution is 2.27. The maximum atomic E-state index is 13.0. The Bertz CT molecular complexity index is 665. The molecule has 2 rings (SSSR count). The van der Waals surface area contributed by atoms with Crippen molar-refractivity contribution in [3.63, 3.8) is 0 Å². The molecule has 0 atom stereocenters. The fourth-order valence-corrected chi connectivity index (χ4v) is 1.80. The maximum absolute atomic E-state index is 13.0. The quantitative estimate of drug-likeness (QED) is 0.682. The first-order valence-electron chi connectivity index (χ1n) is 5.59. The van der Waals surface area contributed by atoms with Gasteiger partial charge in [0.15, 0.2) is 11.6 Å². The molecule has 0 spiro atoms. The van der Waals surface area contributed by atoms with Gasteiger partial charge < -0.3 is 5.32 Å². The predicted octanol–water partition coefficient (Wildman–Crippen LogP) is 4.14. The number of nitro groups is 1. The van der Waals surface area contributed by atoms with E-state index < -0.39 is 16.6 Å². The molecular formula is C13H9ClF2N2O2. The SMILES string of the molecule is O=[N+]([O-])c1cc(NCc2ccc(F)c(F)c2)ccc1Cl. The van der Waals surface area contributed by atoms with Gasteiger partial charge in [-0.2, -0.15) is 0 Å². The molecule has 0 bridgehead atoms. The number of halogens is 3. The predicted molar refractivity (Wildman–Crippen MR) is 71.8 cm³/mol. The number of nitrogens with zero attached hydrogens (tertiary/aromatic N) is 1. The third-order valence-corrected chi connectivity index (χ3v) is 2.94. The van der Waals surface area contributed by atoms with Crippen molar-refractivity contribution < 1.29 is 13.7 Å². The zero-order valence-electron chi connectivity index (χ0n) is 10.1.